The SMILES string of the molecule is c1ccc(-c2ccccc2-c2cccc(-n3c4cccc5c4c4c(cccc43)-c3cccc4cccc-5c34)c2)cc1. The van der Waals surface area contributed by atoms with Gasteiger partial charge in [-0.15, -0.1) is 0 Å². The Balaban J connectivity index is 1.35. The average molecular weight is 520 g/mol. The van der Waals surface area contributed by atoms with Crippen LogP contribution in [0.25, 0.3) is 82.8 Å². The summed E-state index contributed by atoms with van der Waals surface area (Å²) < 4.78 is 2.46. The first kappa shape index (κ1) is 22.4. The molecule has 0 bridgehead atoms. The van der Waals surface area contributed by atoms with Gasteiger partial charge in [-0.2, -0.15) is 0 Å². The maximum Gasteiger partial charge on any atom is 0.0547 e. The second-order valence-corrected chi connectivity index (χ2v) is 10.9. The Kier molecular flexibility index (Phi) is 4.67. The van der Waals surface area contributed by atoms with Crippen molar-refractivity contribution in [3.05, 3.63) is 152 Å². The van der Waals surface area contributed by atoms with Crippen LogP contribution in [0.4, 0.5) is 0 Å². The number of nitrogens with zero attached hydrogens (tertiary/aromatic N) is 1. The smallest absolute Gasteiger partial charge is 0.0547 e. The molecule has 190 valence electrons. The molecule has 0 saturated carbocycles. The van der Waals surface area contributed by atoms with Crippen molar-refractivity contribution < 1.29 is 0 Å². The molecule has 1 aliphatic carbocycles. The van der Waals surface area contributed by atoms with Gasteiger partial charge in [0.2, 0.25) is 0 Å². The van der Waals surface area contributed by atoms with E-state index in [0.29, 0.717) is 0 Å². The molecule has 0 N–H and O–H groups in total. The van der Waals surface area contributed by atoms with E-state index in [1.165, 1.54) is 82.8 Å². The second-order valence-electron chi connectivity index (χ2n) is 10.9. The van der Waals surface area contributed by atoms with Crippen molar-refractivity contribution in [2.45, 2.75) is 0 Å². The Hall–Kier alpha value is -5.40. The lowest BCUT2D eigenvalue weighted by Crippen LogP contribution is -1.95. The van der Waals surface area contributed by atoms with Gasteiger partial charge >= 0.3 is 0 Å². The summed E-state index contributed by atoms with van der Waals surface area (Å²) in [4.78, 5) is 0. The maximum absolute atomic E-state index is 2.46. The quantitative estimate of drug-likeness (QED) is 0.219. The van der Waals surface area contributed by atoms with Crippen LogP contribution in [0, 0.1) is 0 Å². The minimum absolute atomic E-state index is 1.17. The van der Waals surface area contributed by atoms with Gasteiger partial charge in [-0.1, -0.05) is 127 Å². The molecular formula is C40H25N. The van der Waals surface area contributed by atoms with Crippen molar-refractivity contribution in [1.29, 1.82) is 0 Å². The molecule has 0 atom stereocenters. The molecule has 9 rings (SSSR count). The number of hydrogen-bond donors (Lipinski definition) is 0. The molecule has 41 heavy (non-hydrogen) atoms. The molecule has 0 spiro atoms. The van der Waals surface area contributed by atoms with E-state index in [0.717, 1.165) is 0 Å². The van der Waals surface area contributed by atoms with Gasteiger partial charge in [0.05, 0.1) is 11.0 Å². The number of aromatic nitrogens is 1. The summed E-state index contributed by atoms with van der Waals surface area (Å²) in [5.74, 6) is 0. The molecule has 1 nitrogen and oxygen atoms in total. The van der Waals surface area contributed by atoms with Crippen molar-refractivity contribution in [3.8, 4) is 50.2 Å². The molecule has 0 saturated heterocycles. The third-order valence-electron chi connectivity index (χ3n) is 8.73. The van der Waals surface area contributed by atoms with Gasteiger partial charge in [-0.25, -0.2) is 0 Å². The Labute approximate surface area is 238 Å². The zero-order valence-corrected chi connectivity index (χ0v) is 22.4. The zero-order valence-electron chi connectivity index (χ0n) is 22.4. The van der Waals surface area contributed by atoms with Gasteiger partial charge in [0.1, 0.15) is 0 Å². The van der Waals surface area contributed by atoms with Gasteiger partial charge in [0.25, 0.3) is 0 Å². The molecule has 7 aromatic carbocycles. The van der Waals surface area contributed by atoms with E-state index < -0.39 is 0 Å². The lowest BCUT2D eigenvalue weighted by molar-refractivity contribution is 1.18. The third-order valence-corrected chi connectivity index (χ3v) is 8.73. The van der Waals surface area contributed by atoms with Crippen molar-refractivity contribution in [3.63, 3.8) is 0 Å². The zero-order chi connectivity index (χ0) is 26.9. The molecule has 1 heteroatoms. The number of fused-ring (bicyclic) bond motifs is 2. The maximum atomic E-state index is 2.46. The minimum Gasteiger partial charge on any atom is -0.309 e. The van der Waals surface area contributed by atoms with Gasteiger partial charge in [-0.3, -0.25) is 0 Å². The summed E-state index contributed by atoms with van der Waals surface area (Å²) in [6.45, 7) is 0. The van der Waals surface area contributed by atoms with Gasteiger partial charge < -0.3 is 4.57 Å². The van der Waals surface area contributed by atoms with Crippen LogP contribution in [0.5, 0.6) is 0 Å². The normalized spacial score (nSPS) is 11.9. The predicted octanol–water partition coefficient (Wildman–Crippen LogP) is 10.9. The van der Waals surface area contributed by atoms with Crippen LogP contribution in [0.15, 0.2) is 152 Å². The topological polar surface area (TPSA) is 4.93 Å². The molecule has 0 radical (unpaired) electrons. The van der Waals surface area contributed by atoms with E-state index in [2.05, 4.69) is 156 Å². The van der Waals surface area contributed by atoms with Gasteiger partial charge in [0, 0.05) is 16.5 Å². The van der Waals surface area contributed by atoms with Crippen LogP contribution in [-0.2, 0) is 0 Å². The van der Waals surface area contributed by atoms with Gasteiger partial charge in [-0.05, 0) is 79.5 Å². The van der Waals surface area contributed by atoms with Crippen LogP contribution in [0.2, 0.25) is 0 Å². The molecule has 1 heterocycles. The fourth-order valence-corrected chi connectivity index (χ4v) is 7.04. The minimum atomic E-state index is 1.17. The highest BCUT2D eigenvalue weighted by molar-refractivity contribution is 6.27. The summed E-state index contributed by atoms with van der Waals surface area (Å²) in [6, 6.07) is 55.4. The van der Waals surface area contributed by atoms with Gasteiger partial charge in [0.15, 0.2) is 0 Å². The molecule has 1 aromatic heterocycles. The molecular weight excluding hydrogens is 494 g/mol. The van der Waals surface area contributed by atoms with Crippen molar-refractivity contribution in [2.24, 2.45) is 0 Å². The highest BCUT2D eigenvalue weighted by atomic mass is 15.0. The largest absolute Gasteiger partial charge is 0.309 e. The number of hydrogen-bond acceptors (Lipinski definition) is 0. The van der Waals surface area contributed by atoms with Crippen LogP contribution < -0.4 is 0 Å². The van der Waals surface area contributed by atoms with Crippen LogP contribution in [-0.4, -0.2) is 4.57 Å². The summed E-state index contributed by atoms with van der Waals surface area (Å²) in [6.07, 6.45) is 0. The van der Waals surface area contributed by atoms with E-state index >= 15 is 0 Å². The Morgan fingerprint density at radius 3 is 1.41 bits per heavy atom. The predicted molar refractivity (Wildman–Crippen MR) is 174 cm³/mol. The van der Waals surface area contributed by atoms with E-state index in [-0.39, 0.29) is 0 Å². The van der Waals surface area contributed by atoms with Crippen LogP contribution >= 0.6 is 0 Å². The molecule has 0 amide bonds. The second kappa shape index (κ2) is 8.55. The first-order chi connectivity index (χ1) is 20.4. The molecule has 0 aliphatic heterocycles. The lowest BCUT2D eigenvalue weighted by Gasteiger charge is -2.15. The van der Waals surface area contributed by atoms with Crippen molar-refractivity contribution in [1.82, 2.24) is 4.57 Å². The lowest BCUT2D eigenvalue weighted by atomic mass is 9.93. The molecule has 0 unspecified atom stereocenters. The molecule has 8 aromatic rings. The van der Waals surface area contributed by atoms with Crippen LogP contribution in [0.1, 0.15) is 0 Å². The third kappa shape index (κ3) is 3.18. The van der Waals surface area contributed by atoms with E-state index in [9.17, 15) is 0 Å². The van der Waals surface area contributed by atoms with E-state index in [4.69, 9.17) is 0 Å². The van der Waals surface area contributed by atoms with E-state index in [1.807, 2.05) is 0 Å². The standard InChI is InChI=1S/C40H25N/c1-2-11-26(12-3-1)30-17-4-5-18-31(30)28-15-6-16-29(25-28)41-36-23-9-21-34-32-19-7-13-27-14-8-20-33(38(27)32)35-22-10-24-37(41)40(35)39(34)36/h1-25H. The Bertz CT molecular complexity index is 2210. The highest BCUT2D eigenvalue weighted by Gasteiger charge is 2.24. The fourth-order valence-electron chi connectivity index (χ4n) is 7.04. The van der Waals surface area contributed by atoms with Crippen LogP contribution in [0.3, 0.4) is 0 Å². The Morgan fingerprint density at radius 1 is 0.317 bits per heavy atom. The van der Waals surface area contributed by atoms with Crippen molar-refractivity contribution in [2.75, 3.05) is 0 Å². The average Bonchev–Trinajstić information content (AvgIpc) is 3.33. The first-order valence-corrected chi connectivity index (χ1v) is 14.2. The highest BCUT2D eigenvalue weighted by Crippen LogP contribution is 2.49. The summed E-state index contributed by atoms with van der Waals surface area (Å²) in [5.41, 5.74) is 13.8. The summed E-state index contributed by atoms with van der Waals surface area (Å²) in [5, 5.41) is 5.29. The number of benzene rings is 7. The molecule has 1 aliphatic rings. The first-order valence-electron chi connectivity index (χ1n) is 14.2. The number of rotatable bonds is 3. The Morgan fingerprint density at radius 2 is 0.780 bits per heavy atom. The molecule has 0 fully saturated rings. The fraction of sp³-hybridized carbons (Fsp3) is 0. The monoisotopic (exact) mass is 519 g/mol. The summed E-state index contributed by atoms with van der Waals surface area (Å²) in [7, 11) is 0. The van der Waals surface area contributed by atoms with Crippen molar-refractivity contribution >= 4 is 32.6 Å². The van der Waals surface area contributed by atoms with E-state index in [1.54, 1.807) is 0 Å². The summed E-state index contributed by atoms with van der Waals surface area (Å²) >= 11 is 0.